The minimum Gasteiger partial charge on any atom is -0.308 e. The van der Waals surface area contributed by atoms with E-state index in [1.807, 2.05) is 12.4 Å². The maximum absolute atomic E-state index is 4.12. The molecule has 0 unspecified atom stereocenters. The van der Waals surface area contributed by atoms with Gasteiger partial charge < -0.3 is 5.32 Å². The number of aromatic nitrogens is 2. The normalized spacial score (nSPS) is 10.6. The number of rotatable bonds is 5. The Labute approximate surface area is 107 Å². The van der Waals surface area contributed by atoms with Gasteiger partial charge in [0, 0.05) is 35.9 Å². The summed E-state index contributed by atoms with van der Waals surface area (Å²) in [5.74, 6) is 0. The standard InChI is InChI=1S/C11H12BrN3S/c1-2-15-8-9(6-14-15)5-13-7-10-3-4-11(12)16-10/h2-4,6,8,13H,1,5,7H2. The lowest BCUT2D eigenvalue weighted by Gasteiger charge is -1.99. The lowest BCUT2D eigenvalue weighted by molar-refractivity contribution is 0.701. The Hall–Kier alpha value is -0.910. The van der Waals surface area contributed by atoms with Crippen molar-refractivity contribution in [3.63, 3.8) is 0 Å². The van der Waals surface area contributed by atoms with Gasteiger partial charge in [-0.15, -0.1) is 11.3 Å². The SMILES string of the molecule is C=Cn1cc(CNCc2ccc(Br)s2)cn1. The Bertz CT molecular complexity index is 475. The first kappa shape index (κ1) is 11.6. The molecule has 0 aliphatic carbocycles. The van der Waals surface area contributed by atoms with Crippen molar-refractivity contribution in [2.45, 2.75) is 13.1 Å². The van der Waals surface area contributed by atoms with Crippen molar-refractivity contribution in [1.29, 1.82) is 0 Å². The van der Waals surface area contributed by atoms with Gasteiger partial charge in [-0.1, -0.05) is 6.58 Å². The number of hydrogen-bond donors (Lipinski definition) is 1. The fourth-order valence-electron chi connectivity index (χ4n) is 1.35. The maximum atomic E-state index is 4.12. The van der Waals surface area contributed by atoms with Crippen molar-refractivity contribution in [2.24, 2.45) is 0 Å². The van der Waals surface area contributed by atoms with Crippen LogP contribution in [0.15, 0.2) is 34.9 Å². The van der Waals surface area contributed by atoms with E-state index in [-0.39, 0.29) is 0 Å². The van der Waals surface area contributed by atoms with Gasteiger partial charge in [0.15, 0.2) is 0 Å². The molecule has 0 saturated heterocycles. The zero-order valence-electron chi connectivity index (χ0n) is 8.69. The number of halogens is 1. The summed E-state index contributed by atoms with van der Waals surface area (Å²) in [5, 5.41) is 7.49. The Morgan fingerprint density at radius 3 is 3.00 bits per heavy atom. The van der Waals surface area contributed by atoms with Gasteiger partial charge in [0.2, 0.25) is 0 Å². The average molecular weight is 298 g/mol. The highest BCUT2D eigenvalue weighted by atomic mass is 79.9. The number of nitrogens with one attached hydrogen (secondary N) is 1. The molecule has 84 valence electrons. The van der Waals surface area contributed by atoms with E-state index in [9.17, 15) is 0 Å². The molecule has 3 nitrogen and oxygen atoms in total. The minimum atomic E-state index is 0.823. The third-order valence-electron chi connectivity index (χ3n) is 2.10. The molecule has 0 spiro atoms. The van der Waals surface area contributed by atoms with Gasteiger partial charge in [0.1, 0.15) is 0 Å². The summed E-state index contributed by atoms with van der Waals surface area (Å²) in [4.78, 5) is 1.32. The molecule has 0 saturated carbocycles. The number of hydrogen-bond acceptors (Lipinski definition) is 3. The summed E-state index contributed by atoms with van der Waals surface area (Å²) in [6.07, 6.45) is 5.49. The van der Waals surface area contributed by atoms with Crippen LogP contribution in [0.2, 0.25) is 0 Å². The zero-order chi connectivity index (χ0) is 11.4. The predicted octanol–water partition coefficient (Wildman–Crippen LogP) is 3.10. The van der Waals surface area contributed by atoms with Gasteiger partial charge in [0.05, 0.1) is 9.98 Å². The van der Waals surface area contributed by atoms with E-state index in [4.69, 9.17) is 0 Å². The Kier molecular flexibility index (Phi) is 3.93. The molecule has 0 aromatic carbocycles. The van der Waals surface area contributed by atoms with Crippen molar-refractivity contribution < 1.29 is 0 Å². The molecule has 0 bridgehead atoms. The Morgan fingerprint density at radius 2 is 2.38 bits per heavy atom. The summed E-state index contributed by atoms with van der Waals surface area (Å²) in [6.45, 7) is 5.36. The van der Waals surface area contributed by atoms with Crippen molar-refractivity contribution in [1.82, 2.24) is 15.1 Å². The van der Waals surface area contributed by atoms with Gasteiger partial charge in [-0.3, -0.25) is 0 Å². The molecule has 2 heterocycles. The third-order valence-corrected chi connectivity index (χ3v) is 3.72. The third kappa shape index (κ3) is 3.04. The first-order chi connectivity index (χ1) is 7.78. The van der Waals surface area contributed by atoms with Crippen LogP contribution in [-0.4, -0.2) is 9.78 Å². The maximum Gasteiger partial charge on any atom is 0.0701 e. The molecule has 5 heteroatoms. The monoisotopic (exact) mass is 297 g/mol. The van der Waals surface area contributed by atoms with Crippen molar-refractivity contribution in [2.75, 3.05) is 0 Å². The van der Waals surface area contributed by atoms with E-state index >= 15 is 0 Å². The van der Waals surface area contributed by atoms with E-state index < -0.39 is 0 Å². The molecule has 0 aliphatic rings. The van der Waals surface area contributed by atoms with Crippen LogP contribution < -0.4 is 5.32 Å². The molecule has 0 aliphatic heterocycles. The summed E-state index contributed by atoms with van der Waals surface area (Å²) in [6, 6.07) is 4.19. The van der Waals surface area contributed by atoms with Crippen LogP contribution in [0.3, 0.4) is 0 Å². The largest absolute Gasteiger partial charge is 0.308 e. The predicted molar refractivity (Wildman–Crippen MR) is 71.2 cm³/mol. The fraction of sp³-hybridized carbons (Fsp3) is 0.182. The molecular formula is C11H12BrN3S. The zero-order valence-corrected chi connectivity index (χ0v) is 11.1. The second-order valence-electron chi connectivity index (χ2n) is 3.32. The molecule has 2 aromatic heterocycles. The molecule has 0 amide bonds. The van der Waals surface area contributed by atoms with Crippen LogP contribution >= 0.6 is 27.3 Å². The van der Waals surface area contributed by atoms with Crippen LogP contribution in [-0.2, 0) is 13.1 Å². The van der Waals surface area contributed by atoms with Crippen molar-refractivity contribution in [3.8, 4) is 0 Å². The molecule has 2 rings (SSSR count). The van der Waals surface area contributed by atoms with Crippen molar-refractivity contribution in [3.05, 3.63) is 45.3 Å². The fourth-order valence-corrected chi connectivity index (χ4v) is 2.80. The molecular weight excluding hydrogens is 286 g/mol. The number of nitrogens with zero attached hydrogens (tertiary/aromatic N) is 2. The molecule has 0 atom stereocenters. The second-order valence-corrected chi connectivity index (χ2v) is 5.87. The average Bonchev–Trinajstić information content (AvgIpc) is 2.88. The number of thiophene rings is 1. The quantitative estimate of drug-likeness (QED) is 0.919. The highest BCUT2D eigenvalue weighted by Gasteiger charge is 1.99. The van der Waals surface area contributed by atoms with Gasteiger partial charge in [0.25, 0.3) is 0 Å². The molecule has 0 fully saturated rings. The van der Waals surface area contributed by atoms with Gasteiger partial charge in [-0.05, 0) is 28.1 Å². The summed E-state index contributed by atoms with van der Waals surface area (Å²) < 4.78 is 2.88. The first-order valence-electron chi connectivity index (χ1n) is 4.88. The van der Waals surface area contributed by atoms with Crippen LogP contribution in [0.1, 0.15) is 10.4 Å². The van der Waals surface area contributed by atoms with E-state index in [1.54, 1.807) is 22.2 Å². The van der Waals surface area contributed by atoms with E-state index in [0.29, 0.717) is 0 Å². The highest BCUT2D eigenvalue weighted by Crippen LogP contribution is 2.21. The molecule has 1 N–H and O–H groups in total. The smallest absolute Gasteiger partial charge is 0.0701 e. The summed E-state index contributed by atoms with van der Waals surface area (Å²) >= 11 is 5.20. The molecule has 0 radical (unpaired) electrons. The van der Waals surface area contributed by atoms with Crippen LogP contribution in [0, 0.1) is 0 Å². The lowest BCUT2D eigenvalue weighted by Crippen LogP contribution is -2.11. The second kappa shape index (κ2) is 5.43. The Morgan fingerprint density at radius 1 is 1.50 bits per heavy atom. The van der Waals surface area contributed by atoms with Crippen molar-refractivity contribution >= 4 is 33.5 Å². The molecule has 16 heavy (non-hydrogen) atoms. The van der Waals surface area contributed by atoms with E-state index in [1.165, 1.54) is 8.66 Å². The van der Waals surface area contributed by atoms with Crippen LogP contribution in [0.4, 0.5) is 0 Å². The minimum absolute atomic E-state index is 0.823. The van der Waals surface area contributed by atoms with E-state index in [0.717, 1.165) is 18.7 Å². The van der Waals surface area contributed by atoms with Gasteiger partial charge >= 0.3 is 0 Å². The first-order valence-corrected chi connectivity index (χ1v) is 6.49. The van der Waals surface area contributed by atoms with Crippen LogP contribution in [0.25, 0.3) is 6.20 Å². The van der Waals surface area contributed by atoms with E-state index in [2.05, 4.69) is 45.1 Å². The van der Waals surface area contributed by atoms with Crippen LogP contribution in [0.5, 0.6) is 0 Å². The van der Waals surface area contributed by atoms with Gasteiger partial charge in [-0.25, -0.2) is 4.68 Å². The summed E-state index contributed by atoms with van der Waals surface area (Å²) in [5.41, 5.74) is 1.16. The highest BCUT2D eigenvalue weighted by molar-refractivity contribution is 9.11. The van der Waals surface area contributed by atoms with Gasteiger partial charge in [-0.2, -0.15) is 5.10 Å². The summed E-state index contributed by atoms with van der Waals surface area (Å²) in [7, 11) is 0. The Balaban J connectivity index is 1.81. The lowest BCUT2D eigenvalue weighted by atomic mass is 10.3. The topological polar surface area (TPSA) is 29.9 Å². The molecule has 2 aromatic rings.